The first kappa shape index (κ1) is 23.9. The van der Waals surface area contributed by atoms with Crippen LogP contribution in [-0.4, -0.2) is 41.9 Å². The van der Waals surface area contributed by atoms with Crippen molar-refractivity contribution in [3.63, 3.8) is 0 Å². The lowest BCUT2D eigenvalue weighted by molar-refractivity contribution is -0.679. The van der Waals surface area contributed by atoms with E-state index in [1.165, 1.54) is 0 Å². The molecule has 2 heterocycles. The van der Waals surface area contributed by atoms with E-state index in [1.54, 1.807) is 30.6 Å². The van der Waals surface area contributed by atoms with E-state index in [0.29, 0.717) is 29.4 Å². The van der Waals surface area contributed by atoms with Gasteiger partial charge in [0, 0.05) is 17.1 Å². The molecule has 0 saturated carbocycles. The van der Waals surface area contributed by atoms with Crippen molar-refractivity contribution in [2.45, 2.75) is 31.9 Å². The van der Waals surface area contributed by atoms with E-state index >= 15 is 4.39 Å². The third-order valence-corrected chi connectivity index (χ3v) is 6.19. The van der Waals surface area contributed by atoms with Gasteiger partial charge in [0.05, 0.1) is 41.3 Å². The number of anilines is 2. The van der Waals surface area contributed by atoms with E-state index in [2.05, 4.69) is 31.7 Å². The Balaban J connectivity index is 1.74. The van der Waals surface area contributed by atoms with Gasteiger partial charge in [0.1, 0.15) is 6.54 Å². The highest BCUT2D eigenvalue weighted by Crippen LogP contribution is 2.33. The van der Waals surface area contributed by atoms with Crippen LogP contribution < -0.4 is 15.4 Å². The molecule has 4 N–H and O–H groups in total. The van der Waals surface area contributed by atoms with Crippen LogP contribution in [0.1, 0.15) is 29.6 Å². The van der Waals surface area contributed by atoms with Gasteiger partial charge in [-0.3, -0.25) is 9.63 Å². The van der Waals surface area contributed by atoms with Gasteiger partial charge in [-0.25, -0.2) is 15.0 Å². The van der Waals surface area contributed by atoms with Crippen molar-refractivity contribution in [1.29, 1.82) is 0 Å². The Kier molecular flexibility index (Phi) is 7.82. The predicted octanol–water partition coefficient (Wildman–Crippen LogP) is 3.98. The number of aromatic nitrogens is 2. The summed E-state index contributed by atoms with van der Waals surface area (Å²) in [6.45, 7) is 0.875. The summed E-state index contributed by atoms with van der Waals surface area (Å²) in [5.74, 6) is -1.30. The number of hydroxylamine groups is 1. The van der Waals surface area contributed by atoms with Gasteiger partial charge in [-0.15, -0.1) is 0 Å². The maximum atomic E-state index is 15.7. The minimum Gasteiger partial charge on any atom is -0.394 e. The van der Waals surface area contributed by atoms with Crippen molar-refractivity contribution in [3.8, 4) is 0 Å². The summed E-state index contributed by atoms with van der Waals surface area (Å²) in [7, 11) is 0. The number of aromatic amines is 1. The summed E-state index contributed by atoms with van der Waals surface area (Å²) in [4.78, 5) is 20.8. The molecule has 3 aromatic rings. The molecule has 0 spiro atoms. The predicted molar refractivity (Wildman–Crippen MR) is 125 cm³/mol. The maximum absolute atomic E-state index is 15.7. The molecule has 11 heteroatoms. The largest absolute Gasteiger partial charge is 0.394 e. The van der Waals surface area contributed by atoms with E-state index in [0.717, 1.165) is 23.7 Å². The van der Waals surface area contributed by atoms with Crippen LogP contribution in [0.25, 0.3) is 11.0 Å². The van der Waals surface area contributed by atoms with Crippen molar-refractivity contribution >= 4 is 55.8 Å². The van der Waals surface area contributed by atoms with Gasteiger partial charge in [-0.2, -0.15) is 4.39 Å². The number of fused-ring (bicyclic) bond motifs is 1. The quantitative estimate of drug-likeness (QED) is 0.196. The number of halogens is 3. The van der Waals surface area contributed by atoms with Gasteiger partial charge in [0.2, 0.25) is 11.8 Å². The number of ether oxygens (including phenoxy) is 1. The zero-order valence-electron chi connectivity index (χ0n) is 17.7. The zero-order valence-corrected chi connectivity index (χ0v) is 20.0. The van der Waals surface area contributed by atoms with Crippen LogP contribution in [0.15, 0.2) is 35.1 Å². The molecule has 2 aromatic carbocycles. The third kappa shape index (κ3) is 5.47. The fourth-order valence-electron chi connectivity index (χ4n) is 3.78. The fourth-order valence-corrected chi connectivity index (χ4v) is 4.50. The number of nitrogens with zero attached hydrogens (tertiary/aromatic N) is 1. The van der Waals surface area contributed by atoms with Crippen molar-refractivity contribution in [2.75, 3.05) is 25.1 Å². The Bertz CT molecular complexity index is 1150. The second-order valence-electron chi connectivity index (χ2n) is 7.67. The SMILES string of the molecule is O=C(NOCCO)c1cc2c([nH]c[n+]2CC2CCCCO2)c(F)c1Nc1ccc(Br)cc1Cl. The number of imidazole rings is 1. The van der Waals surface area contributed by atoms with Crippen LogP contribution in [0.3, 0.4) is 0 Å². The van der Waals surface area contributed by atoms with Crippen LogP contribution >= 0.6 is 27.5 Å². The molecule has 1 aromatic heterocycles. The molecule has 1 aliphatic rings. The Morgan fingerprint density at radius 2 is 2.24 bits per heavy atom. The number of aliphatic hydroxyl groups is 1. The number of hydrogen-bond donors (Lipinski definition) is 4. The van der Waals surface area contributed by atoms with Crippen molar-refractivity contribution in [1.82, 2.24) is 10.5 Å². The minimum absolute atomic E-state index is 0.0230. The Morgan fingerprint density at radius 3 is 2.97 bits per heavy atom. The summed E-state index contributed by atoms with van der Waals surface area (Å²) >= 11 is 9.64. The first-order valence-electron chi connectivity index (χ1n) is 10.6. The molecule has 176 valence electrons. The molecule has 1 fully saturated rings. The highest BCUT2D eigenvalue weighted by Gasteiger charge is 2.27. The van der Waals surface area contributed by atoms with E-state index in [-0.39, 0.29) is 36.1 Å². The summed E-state index contributed by atoms with van der Waals surface area (Å²) in [6.07, 6.45) is 4.74. The van der Waals surface area contributed by atoms with Gasteiger partial charge in [-0.05, 0) is 37.5 Å². The molecular formula is C22H24BrClFN4O4+. The third-order valence-electron chi connectivity index (χ3n) is 5.39. The van der Waals surface area contributed by atoms with Crippen LogP contribution in [0.5, 0.6) is 0 Å². The van der Waals surface area contributed by atoms with Crippen LogP contribution in [-0.2, 0) is 16.1 Å². The number of aliphatic hydroxyl groups excluding tert-OH is 1. The second-order valence-corrected chi connectivity index (χ2v) is 9.00. The highest BCUT2D eigenvalue weighted by molar-refractivity contribution is 9.10. The second kappa shape index (κ2) is 10.8. The Morgan fingerprint density at radius 1 is 1.39 bits per heavy atom. The van der Waals surface area contributed by atoms with E-state index in [4.69, 9.17) is 26.3 Å². The molecule has 1 amide bonds. The molecule has 8 nitrogen and oxygen atoms in total. The molecule has 0 bridgehead atoms. The summed E-state index contributed by atoms with van der Waals surface area (Å²) in [6, 6.07) is 6.68. The van der Waals surface area contributed by atoms with Crippen LogP contribution in [0, 0.1) is 5.82 Å². The number of H-pyrrole nitrogens is 1. The normalized spacial score (nSPS) is 16.2. The summed E-state index contributed by atoms with van der Waals surface area (Å²) in [5, 5.41) is 12.2. The lowest BCUT2D eigenvalue weighted by Crippen LogP contribution is -2.41. The lowest BCUT2D eigenvalue weighted by Gasteiger charge is -2.21. The van der Waals surface area contributed by atoms with E-state index in [1.807, 2.05) is 4.57 Å². The molecule has 1 unspecified atom stereocenters. The van der Waals surface area contributed by atoms with Gasteiger partial charge < -0.3 is 15.2 Å². The zero-order chi connectivity index (χ0) is 23.4. The number of carbonyl (C=O) groups is 1. The van der Waals surface area contributed by atoms with E-state index in [9.17, 15) is 4.79 Å². The van der Waals surface area contributed by atoms with Gasteiger partial charge in [-0.1, -0.05) is 27.5 Å². The Labute approximate surface area is 203 Å². The average Bonchev–Trinajstić information content (AvgIpc) is 3.20. The summed E-state index contributed by atoms with van der Waals surface area (Å²) in [5.41, 5.74) is 3.40. The molecular weight excluding hydrogens is 519 g/mol. The monoisotopic (exact) mass is 541 g/mol. The number of amides is 1. The first-order valence-corrected chi connectivity index (χ1v) is 11.7. The summed E-state index contributed by atoms with van der Waals surface area (Å²) < 4.78 is 24.1. The number of hydrogen-bond acceptors (Lipinski definition) is 5. The lowest BCUT2D eigenvalue weighted by atomic mass is 10.1. The maximum Gasteiger partial charge on any atom is 0.277 e. The van der Waals surface area contributed by atoms with Gasteiger partial charge in [0.15, 0.2) is 11.3 Å². The smallest absolute Gasteiger partial charge is 0.277 e. The topological polar surface area (TPSA) is 99.5 Å². The minimum atomic E-state index is -0.665. The molecule has 1 atom stereocenters. The molecule has 4 rings (SSSR count). The first-order chi connectivity index (χ1) is 16.0. The van der Waals surface area contributed by atoms with Crippen molar-refractivity contribution in [2.24, 2.45) is 0 Å². The molecule has 0 radical (unpaired) electrons. The number of benzene rings is 2. The molecule has 1 aliphatic heterocycles. The van der Waals surface area contributed by atoms with Crippen molar-refractivity contribution in [3.05, 3.63) is 51.5 Å². The standard InChI is InChI=1S/C22H23BrClFN4O4/c23-13-4-5-17(16(24)9-13)27-20-15(22(31)28-33-8-6-30)10-18-21(19(20)25)26-12-29(18)11-14-3-1-2-7-32-14/h4-5,9-10,12,14,30H,1-3,6-8,11H2,(H2,27,28,31)/p+1. The highest BCUT2D eigenvalue weighted by atomic mass is 79.9. The number of rotatable bonds is 8. The van der Waals surface area contributed by atoms with Gasteiger partial charge >= 0.3 is 0 Å². The van der Waals surface area contributed by atoms with Crippen molar-refractivity contribution < 1.29 is 28.4 Å². The van der Waals surface area contributed by atoms with E-state index < -0.39 is 11.7 Å². The van der Waals surface area contributed by atoms with Gasteiger partial charge in [0.25, 0.3) is 5.91 Å². The molecule has 33 heavy (non-hydrogen) atoms. The Hall–Kier alpha value is -2.24. The molecule has 0 aliphatic carbocycles. The molecule has 1 saturated heterocycles. The number of carbonyl (C=O) groups excluding carboxylic acids is 1. The number of nitrogens with one attached hydrogen (secondary N) is 3. The van der Waals surface area contributed by atoms with Crippen LogP contribution in [0.2, 0.25) is 5.02 Å². The average molecular weight is 543 g/mol. The fraction of sp³-hybridized carbons (Fsp3) is 0.364. The van der Waals surface area contributed by atoms with Crippen LogP contribution in [0.4, 0.5) is 15.8 Å².